The van der Waals surface area contributed by atoms with Gasteiger partial charge in [-0.05, 0) is 64.2 Å². The van der Waals surface area contributed by atoms with E-state index >= 15 is 0 Å². The quantitative estimate of drug-likeness (QED) is 0.402. The molecule has 0 aromatic heterocycles. The number of rotatable bonds is 7. The Labute approximate surface area is 209 Å². The van der Waals surface area contributed by atoms with Gasteiger partial charge in [-0.1, -0.05) is 67.8 Å². The van der Waals surface area contributed by atoms with Crippen molar-refractivity contribution in [1.29, 1.82) is 0 Å². The molecule has 1 aliphatic rings. The van der Waals surface area contributed by atoms with E-state index in [2.05, 4.69) is 21.2 Å². The molecule has 0 heterocycles. The van der Waals surface area contributed by atoms with Crippen LogP contribution >= 0.6 is 15.9 Å². The van der Waals surface area contributed by atoms with Crippen LogP contribution in [-0.2, 0) is 4.79 Å². The summed E-state index contributed by atoms with van der Waals surface area (Å²) in [5.74, 6) is 0.212. The number of carbonyl (C=O) groups excluding carboxylic acids is 2. The molecule has 0 saturated heterocycles. The van der Waals surface area contributed by atoms with Crippen LogP contribution in [0.4, 0.5) is 5.69 Å². The summed E-state index contributed by atoms with van der Waals surface area (Å²) >= 11 is 3.55. The SMILES string of the molecule is CN(C(=O)COc1ccc(-c2ccccc2)cc1Br)c1ccccc1C(=O)NC1CCCCC1. The Kier molecular flexibility index (Phi) is 8.01. The number of para-hydroxylation sites is 1. The number of nitrogens with zero attached hydrogens (tertiary/aromatic N) is 1. The molecule has 34 heavy (non-hydrogen) atoms. The summed E-state index contributed by atoms with van der Waals surface area (Å²) in [7, 11) is 1.67. The predicted molar refractivity (Wildman–Crippen MR) is 139 cm³/mol. The second-order valence-corrected chi connectivity index (χ2v) is 9.43. The lowest BCUT2D eigenvalue weighted by Gasteiger charge is -2.25. The normalized spacial score (nSPS) is 13.8. The van der Waals surface area contributed by atoms with Crippen molar-refractivity contribution in [3.8, 4) is 16.9 Å². The van der Waals surface area contributed by atoms with Gasteiger partial charge in [-0.3, -0.25) is 9.59 Å². The van der Waals surface area contributed by atoms with Crippen LogP contribution in [-0.4, -0.2) is 31.5 Å². The summed E-state index contributed by atoms with van der Waals surface area (Å²) in [6.07, 6.45) is 5.53. The predicted octanol–water partition coefficient (Wildman–Crippen LogP) is 6.22. The van der Waals surface area contributed by atoms with E-state index in [1.54, 1.807) is 19.2 Å². The monoisotopic (exact) mass is 520 g/mol. The summed E-state index contributed by atoms with van der Waals surface area (Å²) in [5, 5.41) is 3.14. The molecule has 5 nitrogen and oxygen atoms in total. The zero-order chi connectivity index (χ0) is 23.9. The maximum atomic E-state index is 12.9. The molecule has 0 aliphatic heterocycles. The average Bonchev–Trinajstić information content (AvgIpc) is 2.88. The van der Waals surface area contributed by atoms with Gasteiger partial charge in [-0.2, -0.15) is 0 Å². The highest BCUT2D eigenvalue weighted by molar-refractivity contribution is 9.10. The van der Waals surface area contributed by atoms with Crippen molar-refractivity contribution >= 4 is 33.4 Å². The summed E-state index contributed by atoms with van der Waals surface area (Å²) in [4.78, 5) is 27.4. The first-order valence-electron chi connectivity index (χ1n) is 11.7. The number of likely N-dealkylation sites (N-methyl/N-ethyl adjacent to an activating group) is 1. The molecular formula is C28H29BrN2O3. The molecule has 1 N–H and O–H groups in total. The molecule has 0 radical (unpaired) electrons. The lowest BCUT2D eigenvalue weighted by molar-refractivity contribution is -0.120. The third-order valence-electron chi connectivity index (χ3n) is 6.21. The summed E-state index contributed by atoms with van der Waals surface area (Å²) in [5.41, 5.74) is 3.23. The maximum absolute atomic E-state index is 12.9. The van der Waals surface area contributed by atoms with Crippen LogP contribution in [0.2, 0.25) is 0 Å². The van der Waals surface area contributed by atoms with Crippen LogP contribution in [0.25, 0.3) is 11.1 Å². The van der Waals surface area contributed by atoms with E-state index < -0.39 is 0 Å². The van der Waals surface area contributed by atoms with Crippen LogP contribution in [0.15, 0.2) is 77.3 Å². The van der Waals surface area contributed by atoms with E-state index in [0.717, 1.165) is 41.3 Å². The molecule has 1 saturated carbocycles. The Morgan fingerprint density at radius 2 is 1.65 bits per heavy atom. The van der Waals surface area contributed by atoms with Crippen LogP contribution in [0.5, 0.6) is 5.75 Å². The molecule has 3 aromatic rings. The van der Waals surface area contributed by atoms with Crippen molar-refractivity contribution in [1.82, 2.24) is 5.32 Å². The Morgan fingerprint density at radius 3 is 2.38 bits per heavy atom. The molecular weight excluding hydrogens is 492 g/mol. The van der Waals surface area contributed by atoms with Gasteiger partial charge in [0.2, 0.25) is 0 Å². The summed E-state index contributed by atoms with van der Waals surface area (Å²) < 4.78 is 6.59. The van der Waals surface area contributed by atoms with Crippen LogP contribution in [0.1, 0.15) is 42.5 Å². The van der Waals surface area contributed by atoms with Crippen LogP contribution < -0.4 is 15.0 Å². The summed E-state index contributed by atoms with van der Waals surface area (Å²) in [6.45, 7) is -0.141. The number of benzene rings is 3. The number of ether oxygens (including phenoxy) is 1. The highest BCUT2D eigenvalue weighted by Gasteiger charge is 2.22. The first-order chi connectivity index (χ1) is 16.5. The Balaban J connectivity index is 1.41. The number of carbonyl (C=O) groups is 2. The number of hydrogen-bond donors (Lipinski definition) is 1. The van der Waals surface area contributed by atoms with Crippen molar-refractivity contribution < 1.29 is 14.3 Å². The minimum Gasteiger partial charge on any atom is -0.483 e. The van der Waals surface area contributed by atoms with Gasteiger partial charge in [0.1, 0.15) is 5.75 Å². The highest BCUT2D eigenvalue weighted by atomic mass is 79.9. The standard InChI is InChI=1S/C28H29BrN2O3/c1-31(25-15-9-8-14-23(25)28(33)30-22-12-6-3-7-13-22)27(32)19-34-26-17-16-21(18-24(26)29)20-10-4-2-5-11-20/h2,4-5,8-11,14-18,22H,3,6-7,12-13,19H2,1H3,(H,30,33). The third-order valence-corrected chi connectivity index (χ3v) is 6.83. The van der Waals surface area contributed by atoms with Crippen molar-refractivity contribution in [2.45, 2.75) is 38.1 Å². The second kappa shape index (κ2) is 11.3. The minimum absolute atomic E-state index is 0.137. The summed E-state index contributed by atoms with van der Waals surface area (Å²) in [6, 6.07) is 23.3. The number of amides is 2. The molecule has 0 unspecified atom stereocenters. The smallest absolute Gasteiger partial charge is 0.264 e. The van der Waals surface area contributed by atoms with E-state index in [9.17, 15) is 9.59 Å². The Hall–Kier alpha value is -3.12. The second-order valence-electron chi connectivity index (χ2n) is 8.58. The lowest BCUT2D eigenvalue weighted by Crippen LogP contribution is -2.38. The lowest BCUT2D eigenvalue weighted by atomic mass is 9.95. The van der Waals surface area contributed by atoms with E-state index in [1.165, 1.54) is 11.3 Å². The maximum Gasteiger partial charge on any atom is 0.264 e. The fourth-order valence-corrected chi connectivity index (χ4v) is 4.76. The Bertz CT molecular complexity index is 1140. The van der Waals surface area contributed by atoms with Gasteiger partial charge in [0.15, 0.2) is 6.61 Å². The third kappa shape index (κ3) is 5.86. The number of hydrogen-bond acceptors (Lipinski definition) is 3. The molecule has 0 spiro atoms. The fraction of sp³-hybridized carbons (Fsp3) is 0.286. The van der Waals surface area contributed by atoms with Crippen molar-refractivity contribution in [2.75, 3.05) is 18.6 Å². The van der Waals surface area contributed by atoms with E-state index in [0.29, 0.717) is 17.0 Å². The molecule has 176 valence electrons. The van der Waals surface area contributed by atoms with Crippen LogP contribution in [0, 0.1) is 0 Å². The highest BCUT2D eigenvalue weighted by Crippen LogP contribution is 2.31. The average molecular weight is 521 g/mol. The van der Waals surface area contributed by atoms with Crippen molar-refractivity contribution in [3.05, 3.63) is 82.8 Å². The molecule has 2 amide bonds. The Morgan fingerprint density at radius 1 is 0.941 bits per heavy atom. The molecule has 3 aromatic carbocycles. The minimum atomic E-state index is -0.239. The van der Waals surface area contributed by atoms with E-state index in [4.69, 9.17) is 4.74 Å². The fourth-order valence-electron chi connectivity index (χ4n) is 4.27. The van der Waals surface area contributed by atoms with Crippen LogP contribution in [0.3, 0.4) is 0 Å². The molecule has 0 atom stereocenters. The first-order valence-corrected chi connectivity index (χ1v) is 12.5. The number of nitrogens with one attached hydrogen (secondary N) is 1. The van der Waals surface area contributed by atoms with E-state index in [1.807, 2.05) is 60.7 Å². The number of halogens is 1. The molecule has 6 heteroatoms. The van der Waals surface area contributed by atoms with Crippen molar-refractivity contribution in [3.63, 3.8) is 0 Å². The topological polar surface area (TPSA) is 58.6 Å². The zero-order valence-electron chi connectivity index (χ0n) is 19.3. The molecule has 1 fully saturated rings. The first kappa shape index (κ1) is 24.0. The molecule has 1 aliphatic carbocycles. The largest absolute Gasteiger partial charge is 0.483 e. The van der Waals surface area contributed by atoms with Gasteiger partial charge >= 0.3 is 0 Å². The zero-order valence-corrected chi connectivity index (χ0v) is 20.9. The van der Waals surface area contributed by atoms with Gasteiger partial charge in [-0.15, -0.1) is 0 Å². The van der Waals surface area contributed by atoms with Gasteiger partial charge in [0.25, 0.3) is 11.8 Å². The van der Waals surface area contributed by atoms with Gasteiger partial charge in [0, 0.05) is 13.1 Å². The van der Waals surface area contributed by atoms with Gasteiger partial charge in [-0.25, -0.2) is 0 Å². The molecule has 0 bridgehead atoms. The van der Waals surface area contributed by atoms with Gasteiger partial charge < -0.3 is 15.0 Å². The van der Waals surface area contributed by atoms with Gasteiger partial charge in [0.05, 0.1) is 15.7 Å². The molecule has 4 rings (SSSR count). The number of anilines is 1. The van der Waals surface area contributed by atoms with E-state index in [-0.39, 0.29) is 24.5 Å². The van der Waals surface area contributed by atoms with Crippen molar-refractivity contribution in [2.24, 2.45) is 0 Å².